The van der Waals surface area contributed by atoms with Gasteiger partial charge < -0.3 is 23.4 Å². The van der Waals surface area contributed by atoms with Crippen molar-refractivity contribution in [3.05, 3.63) is 24.2 Å². The van der Waals surface area contributed by atoms with Crippen molar-refractivity contribution in [1.29, 1.82) is 0 Å². The van der Waals surface area contributed by atoms with Crippen LogP contribution < -0.4 is 14.2 Å². The Bertz CT molecular complexity index is 639. The molecule has 0 bridgehead atoms. The molecule has 0 aliphatic rings. The number of nitrogens with zero attached hydrogens (tertiary/aromatic N) is 1. The molecule has 1 aromatic heterocycles. The monoisotopic (exact) mass is 307 g/mol. The van der Waals surface area contributed by atoms with Gasteiger partial charge in [-0.15, -0.1) is 0 Å². The van der Waals surface area contributed by atoms with Gasteiger partial charge in [0.2, 0.25) is 5.75 Å². The Balaban J connectivity index is 2.54. The molecular weight excluding hydrogens is 290 g/mol. The average molecular weight is 307 g/mol. The predicted molar refractivity (Wildman–Crippen MR) is 77.6 cm³/mol. The maximum Gasteiger partial charge on any atom is 0.360 e. The second-order valence-corrected chi connectivity index (χ2v) is 4.16. The van der Waals surface area contributed by atoms with Gasteiger partial charge in [-0.2, -0.15) is 0 Å². The summed E-state index contributed by atoms with van der Waals surface area (Å²) < 4.78 is 26.1. The van der Waals surface area contributed by atoms with Crippen LogP contribution in [0.2, 0.25) is 0 Å². The number of benzene rings is 1. The molecule has 0 atom stereocenters. The van der Waals surface area contributed by atoms with Crippen LogP contribution in [0, 0.1) is 0 Å². The lowest BCUT2D eigenvalue weighted by Crippen LogP contribution is -2.06. The van der Waals surface area contributed by atoms with E-state index in [2.05, 4.69) is 4.98 Å². The number of ether oxygens (including phenoxy) is 4. The van der Waals surface area contributed by atoms with Gasteiger partial charge in [-0.05, 0) is 19.1 Å². The molecule has 22 heavy (non-hydrogen) atoms. The highest BCUT2D eigenvalue weighted by Gasteiger charge is 2.22. The fraction of sp³-hybridized carbons (Fsp3) is 0.333. The largest absolute Gasteiger partial charge is 0.493 e. The Morgan fingerprint density at radius 1 is 1.14 bits per heavy atom. The molecule has 2 aromatic rings. The number of carbonyl (C=O) groups excluding carboxylic acids is 1. The number of esters is 1. The van der Waals surface area contributed by atoms with Gasteiger partial charge in [-0.25, -0.2) is 9.78 Å². The summed E-state index contributed by atoms with van der Waals surface area (Å²) in [6.45, 7) is 1.97. The van der Waals surface area contributed by atoms with Crippen molar-refractivity contribution >= 4 is 5.97 Å². The normalized spacial score (nSPS) is 10.2. The van der Waals surface area contributed by atoms with E-state index in [0.717, 1.165) is 0 Å². The van der Waals surface area contributed by atoms with Gasteiger partial charge in [-0.1, -0.05) is 0 Å². The number of rotatable bonds is 6. The summed E-state index contributed by atoms with van der Waals surface area (Å²) in [7, 11) is 4.53. The lowest BCUT2D eigenvalue weighted by atomic mass is 10.1. The maximum atomic E-state index is 11.9. The van der Waals surface area contributed by atoms with Crippen molar-refractivity contribution in [3.63, 3.8) is 0 Å². The first-order valence-corrected chi connectivity index (χ1v) is 6.57. The third-order valence-electron chi connectivity index (χ3n) is 2.96. The number of hydrogen-bond donors (Lipinski definition) is 0. The summed E-state index contributed by atoms with van der Waals surface area (Å²) in [5, 5.41) is 0. The van der Waals surface area contributed by atoms with Gasteiger partial charge in [0, 0.05) is 5.56 Å². The zero-order chi connectivity index (χ0) is 16.1. The minimum atomic E-state index is -0.556. The van der Waals surface area contributed by atoms with Gasteiger partial charge >= 0.3 is 5.97 Å². The molecule has 0 fully saturated rings. The summed E-state index contributed by atoms with van der Waals surface area (Å²) >= 11 is 0. The molecule has 1 heterocycles. The second-order valence-electron chi connectivity index (χ2n) is 4.16. The standard InChI is InChI=1S/C15H17NO6/c1-5-21-15(17)12-13(22-8-16-12)9-6-10(18-2)14(20-4)11(7-9)19-3/h6-8H,5H2,1-4H3. The van der Waals surface area contributed by atoms with Gasteiger partial charge in [-0.3, -0.25) is 0 Å². The number of aromatic nitrogens is 1. The van der Waals surface area contributed by atoms with Gasteiger partial charge in [0.1, 0.15) is 0 Å². The van der Waals surface area contributed by atoms with E-state index in [9.17, 15) is 4.79 Å². The molecule has 0 radical (unpaired) electrons. The zero-order valence-electron chi connectivity index (χ0n) is 12.8. The molecule has 7 heteroatoms. The van der Waals surface area contributed by atoms with Crippen LogP contribution in [0.3, 0.4) is 0 Å². The quantitative estimate of drug-likeness (QED) is 0.759. The minimum absolute atomic E-state index is 0.0936. The van der Waals surface area contributed by atoms with Crippen LogP contribution in [0.5, 0.6) is 17.2 Å². The van der Waals surface area contributed by atoms with Crippen molar-refractivity contribution in [1.82, 2.24) is 4.98 Å². The third-order valence-corrected chi connectivity index (χ3v) is 2.96. The van der Waals surface area contributed by atoms with E-state index >= 15 is 0 Å². The van der Waals surface area contributed by atoms with E-state index in [1.165, 1.54) is 27.7 Å². The Labute approximate surface area is 127 Å². The number of hydrogen-bond acceptors (Lipinski definition) is 7. The summed E-state index contributed by atoms with van der Waals surface area (Å²) in [6, 6.07) is 3.34. The molecule has 0 N–H and O–H groups in total. The van der Waals surface area contributed by atoms with Crippen LogP contribution in [-0.4, -0.2) is 38.9 Å². The molecule has 7 nitrogen and oxygen atoms in total. The maximum absolute atomic E-state index is 11.9. The Hall–Kier alpha value is -2.70. The molecular formula is C15H17NO6. The molecule has 118 valence electrons. The second kappa shape index (κ2) is 6.84. The summed E-state index contributed by atoms with van der Waals surface area (Å²) in [6.07, 6.45) is 1.19. The van der Waals surface area contributed by atoms with Crippen molar-refractivity contribution in [3.8, 4) is 28.6 Å². The Kier molecular flexibility index (Phi) is 4.88. The molecule has 0 saturated carbocycles. The van der Waals surface area contributed by atoms with Crippen LogP contribution in [-0.2, 0) is 4.74 Å². The van der Waals surface area contributed by atoms with Crippen molar-refractivity contribution < 1.29 is 28.2 Å². The SMILES string of the molecule is CCOC(=O)c1ncoc1-c1cc(OC)c(OC)c(OC)c1. The highest BCUT2D eigenvalue weighted by Crippen LogP contribution is 2.41. The first-order chi connectivity index (χ1) is 10.7. The molecule has 0 aliphatic carbocycles. The minimum Gasteiger partial charge on any atom is -0.493 e. The molecule has 0 unspecified atom stereocenters. The highest BCUT2D eigenvalue weighted by molar-refractivity contribution is 5.94. The fourth-order valence-corrected chi connectivity index (χ4v) is 2.01. The zero-order valence-corrected chi connectivity index (χ0v) is 12.8. The first-order valence-electron chi connectivity index (χ1n) is 6.57. The van der Waals surface area contributed by atoms with E-state index in [1.54, 1.807) is 19.1 Å². The van der Waals surface area contributed by atoms with E-state index in [0.29, 0.717) is 22.8 Å². The summed E-state index contributed by atoms with van der Waals surface area (Å²) in [4.78, 5) is 15.8. The van der Waals surface area contributed by atoms with Gasteiger partial charge in [0.05, 0.1) is 27.9 Å². The van der Waals surface area contributed by atoms with Crippen molar-refractivity contribution in [2.24, 2.45) is 0 Å². The van der Waals surface area contributed by atoms with E-state index in [1.807, 2.05) is 0 Å². The van der Waals surface area contributed by atoms with Gasteiger partial charge in [0.15, 0.2) is 29.3 Å². The average Bonchev–Trinajstić information content (AvgIpc) is 3.03. The van der Waals surface area contributed by atoms with Crippen LogP contribution in [0.15, 0.2) is 22.9 Å². The number of methoxy groups -OCH3 is 3. The van der Waals surface area contributed by atoms with E-state index in [4.69, 9.17) is 23.4 Å². The Morgan fingerprint density at radius 2 is 1.77 bits per heavy atom. The van der Waals surface area contributed by atoms with Crippen LogP contribution in [0.4, 0.5) is 0 Å². The van der Waals surface area contributed by atoms with Gasteiger partial charge in [0.25, 0.3) is 0 Å². The third kappa shape index (κ3) is 2.83. The van der Waals surface area contributed by atoms with E-state index in [-0.39, 0.29) is 18.1 Å². The molecule has 0 spiro atoms. The van der Waals surface area contributed by atoms with E-state index < -0.39 is 5.97 Å². The molecule has 0 amide bonds. The van der Waals surface area contributed by atoms with Crippen LogP contribution >= 0.6 is 0 Å². The highest BCUT2D eigenvalue weighted by atomic mass is 16.5. The van der Waals surface area contributed by atoms with Crippen molar-refractivity contribution in [2.75, 3.05) is 27.9 Å². The predicted octanol–water partition coefficient (Wildman–Crippen LogP) is 2.54. The molecule has 0 saturated heterocycles. The molecule has 0 aliphatic heterocycles. The fourth-order valence-electron chi connectivity index (χ4n) is 2.01. The lowest BCUT2D eigenvalue weighted by Gasteiger charge is -2.13. The molecule has 1 aromatic carbocycles. The molecule has 2 rings (SSSR count). The summed E-state index contributed by atoms with van der Waals surface area (Å²) in [5.41, 5.74) is 0.658. The van der Waals surface area contributed by atoms with Crippen molar-refractivity contribution in [2.45, 2.75) is 6.92 Å². The number of carbonyl (C=O) groups is 1. The van der Waals surface area contributed by atoms with Crippen LogP contribution in [0.1, 0.15) is 17.4 Å². The topological polar surface area (TPSA) is 80.0 Å². The Morgan fingerprint density at radius 3 is 2.27 bits per heavy atom. The smallest absolute Gasteiger partial charge is 0.360 e. The number of oxazole rings is 1. The lowest BCUT2D eigenvalue weighted by molar-refractivity contribution is 0.0520. The summed E-state index contributed by atoms with van der Waals surface area (Å²) in [5.74, 6) is 1.06. The first kappa shape index (κ1) is 15.7. The van der Waals surface area contributed by atoms with Crippen LogP contribution in [0.25, 0.3) is 11.3 Å².